The van der Waals surface area contributed by atoms with E-state index in [1.165, 1.54) is 54.6 Å². The summed E-state index contributed by atoms with van der Waals surface area (Å²) in [6.07, 6.45) is 1.89. The molecule has 0 fully saturated rings. The van der Waals surface area contributed by atoms with E-state index in [1.807, 2.05) is 0 Å². The van der Waals surface area contributed by atoms with Gasteiger partial charge in [-0.3, -0.25) is 4.99 Å². The van der Waals surface area contributed by atoms with Crippen LogP contribution >= 0.6 is 0 Å². The number of nitrogens with one attached hydrogen (secondary N) is 2. The van der Waals surface area contributed by atoms with Gasteiger partial charge >= 0.3 is 0 Å². The molecule has 0 amide bonds. The zero-order valence-electron chi connectivity index (χ0n) is 36.3. The summed E-state index contributed by atoms with van der Waals surface area (Å²) < 4.78 is 0. The molecule has 2 atom stereocenters. The number of hydrogen-bond donors (Lipinski definition) is 2. The summed E-state index contributed by atoms with van der Waals surface area (Å²) in [5.74, 6) is 0. The molecular formula is C63H45N3. The van der Waals surface area contributed by atoms with Gasteiger partial charge in [-0.15, -0.1) is 0 Å². The first kappa shape index (κ1) is 39.1. The van der Waals surface area contributed by atoms with Gasteiger partial charge in [-0.05, 0) is 106 Å². The molecule has 66 heavy (non-hydrogen) atoms. The van der Waals surface area contributed by atoms with Gasteiger partial charge in [0.05, 0.1) is 17.5 Å². The summed E-state index contributed by atoms with van der Waals surface area (Å²) in [6, 6.07) is 87.4. The predicted octanol–water partition coefficient (Wildman–Crippen LogP) is 15.1. The normalized spacial score (nSPS) is 16.2. The van der Waals surface area contributed by atoms with Crippen LogP contribution in [0.25, 0.3) is 60.4 Å². The number of allylic oxidation sites excluding steroid dienone is 3. The number of fused-ring (bicyclic) bond motifs is 6. The summed E-state index contributed by atoms with van der Waals surface area (Å²) in [5.41, 5.74) is 15.7. The van der Waals surface area contributed by atoms with Crippen molar-refractivity contribution in [3.05, 3.63) is 293 Å². The van der Waals surface area contributed by atoms with Crippen LogP contribution in [0.3, 0.4) is 0 Å². The third-order valence-electron chi connectivity index (χ3n) is 13.1. The Morgan fingerprint density at radius 1 is 0.318 bits per heavy atom. The maximum Gasteiger partial charge on any atom is 0.145 e. The molecule has 2 N–H and O–H groups in total. The van der Waals surface area contributed by atoms with Crippen molar-refractivity contribution in [3.8, 4) is 0 Å². The minimum Gasteiger partial charge on any atom is -0.373 e. The van der Waals surface area contributed by atoms with Crippen molar-refractivity contribution in [1.29, 1.82) is 0 Å². The van der Waals surface area contributed by atoms with Crippen molar-refractivity contribution in [3.63, 3.8) is 0 Å². The molecular weight excluding hydrogens is 799 g/mol. The molecule has 10 aromatic rings. The van der Waals surface area contributed by atoms with Crippen molar-refractivity contribution in [2.24, 2.45) is 4.99 Å². The Labute approximate surface area is 385 Å². The van der Waals surface area contributed by atoms with Crippen LogP contribution in [-0.2, 0) is 0 Å². The van der Waals surface area contributed by atoms with Crippen LogP contribution in [0.4, 0.5) is 0 Å². The molecule has 12 rings (SSSR count). The number of hydrogen-bond acceptors (Lipinski definition) is 3. The van der Waals surface area contributed by atoms with Crippen LogP contribution in [0.2, 0.25) is 0 Å². The topological polar surface area (TPSA) is 36.4 Å². The predicted molar refractivity (Wildman–Crippen MR) is 278 cm³/mol. The molecule has 3 heteroatoms. The Hall–Kier alpha value is -8.53. The monoisotopic (exact) mass is 843 g/mol. The van der Waals surface area contributed by atoms with Crippen molar-refractivity contribution >= 4 is 66.1 Å². The maximum atomic E-state index is 5.45. The zero-order chi connectivity index (χ0) is 43.8. The quantitative estimate of drug-likeness (QED) is 0.150. The highest BCUT2D eigenvalue weighted by molar-refractivity contribution is 6.26. The van der Waals surface area contributed by atoms with Gasteiger partial charge in [-0.25, -0.2) is 0 Å². The SMILES string of the molecule is C1=C(c2cccc(C3=C(c4ccccc4)C(c4ccccc4)NC(c4ccccc4)=C3c3ccccc3)c2)NC(c2ccc3c4ccccc4c4ccccc4c3c2)N=C1c1ccccc1. The van der Waals surface area contributed by atoms with E-state index in [9.17, 15) is 0 Å². The second-order valence-corrected chi connectivity index (χ2v) is 17.1. The van der Waals surface area contributed by atoms with E-state index in [2.05, 4.69) is 259 Å². The maximum absolute atomic E-state index is 5.45. The van der Waals surface area contributed by atoms with Crippen LogP contribution in [0.1, 0.15) is 56.7 Å². The van der Waals surface area contributed by atoms with Gasteiger partial charge in [0.1, 0.15) is 6.17 Å². The summed E-state index contributed by atoms with van der Waals surface area (Å²) in [4.78, 5) is 5.45. The molecule has 0 aromatic heterocycles. The summed E-state index contributed by atoms with van der Waals surface area (Å²) in [5, 5.41) is 15.6. The largest absolute Gasteiger partial charge is 0.373 e. The molecule has 312 valence electrons. The highest BCUT2D eigenvalue weighted by Gasteiger charge is 2.33. The van der Waals surface area contributed by atoms with Crippen molar-refractivity contribution in [1.82, 2.24) is 10.6 Å². The molecule has 2 unspecified atom stereocenters. The molecule has 10 aromatic carbocycles. The van der Waals surface area contributed by atoms with Gasteiger partial charge < -0.3 is 10.6 Å². The summed E-state index contributed by atoms with van der Waals surface area (Å²) in [7, 11) is 0. The molecule has 0 radical (unpaired) electrons. The van der Waals surface area contributed by atoms with Gasteiger partial charge in [0, 0.05) is 11.3 Å². The standard InChI is InChI=1S/C63H45N3/c1-6-21-42(22-7-1)56-41-57(65-63(64-56)49-37-38-54-52-35-17-16-33-50(52)51-34-18-19-36-53(51)55(54)40-49)47-31-20-32-48(39-47)58-59(43-23-8-2-9-24-43)61(45-27-12-4-13-28-45)66-62(46-29-14-5-15-30-46)60(58)44-25-10-3-11-26-44/h1-41,61,63,65-66H. The van der Waals surface area contributed by atoms with Crippen molar-refractivity contribution in [2.45, 2.75) is 12.2 Å². The first-order chi connectivity index (χ1) is 32.7. The second-order valence-electron chi connectivity index (χ2n) is 17.1. The van der Waals surface area contributed by atoms with Crippen molar-refractivity contribution in [2.75, 3.05) is 0 Å². The number of nitrogens with zero attached hydrogens (tertiary/aromatic N) is 1. The van der Waals surface area contributed by atoms with Gasteiger partial charge in [0.2, 0.25) is 0 Å². The minimum absolute atomic E-state index is 0.135. The smallest absolute Gasteiger partial charge is 0.145 e. The molecule has 0 aliphatic carbocycles. The third-order valence-corrected chi connectivity index (χ3v) is 13.1. The average Bonchev–Trinajstić information content (AvgIpc) is 3.41. The molecule has 0 spiro atoms. The van der Waals surface area contributed by atoms with Crippen LogP contribution in [0.15, 0.2) is 254 Å². The van der Waals surface area contributed by atoms with E-state index in [0.29, 0.717) is 0 Å². The van der Waals surface area contributed by atoms with Crippen molar-refractivity contribution < 1.29 is 0 Å². The van der Waals surface area contributed by atoms with Gasteiger partial charge in [-0.2, -0.15) is 0 Å². The molecule has 0 saturated heterocycles. The number of aliphatic imine (C=N–C) groups is 1. The number of dihydropyridines is 1. The Bertz CT molecular complexity index is 3520. The molecule has 0 bridgehead atoms. The Balaban J connectivity index is 1.06. The molecule has 2 aliphatic heterocycles. The van der Waals surface area contributed by atoms with E-state index in [-0.39, 0.29) is 12.2 Å². The molecule has 0 saturated carbocycles. The second kappa shape index (κ2) is 16.9. The van der Waals surface area contributed by atoms with Crippen LogP contribution in [-0.4, -0.2) is 5.71 Å². The lowest BCUT2D eigenvalue weighted by Gasteiger charge is -2.36. The lowest BCUT2D eigenvalue weighted by molar-refractivity contribution is 0.665. The van der Waals surface area contributed by atoms with Crippen LogP contribution in [0.5, 0.6) is 0 Å². The lowest BCUT2D eigenvalue weighted by Crippen LogP contribution is -2.27. The summed E-state index contributed by atoms with van der Waals surface area (Å²) >= 11 is 0. The summed E-state index contributed by atoms with van der Waals surface area (Å²) in [6.45, 7) is 0. The first-order valence-electron chi connectivity index (χ1n) is 22.8. The van der Waals surface area contributed by atoms with Gasteiger partial charge in [0.15, 0.2) is 0 Å². The third kappa shape index (κ3) is 7.08. The van der Waals surface area contributed by atoms with Crippen LogP contribution < -0.4 is 10.6 Å². The van der Waals surface area contributed by atoms with Gasteiger partial charge in [0.25, 0.3) is 0 Å². The van der Waals surface area contributed by atoms with E-state index in [4.69, 9.17) is 4.99 Å². The van der Waals surface area contributed by atoms with Crippen LogP contribution in [0, 0.1) is 0 Å². The lowest BCUT2D eigenvalue weighted by atomic mass is 9.76. The fourth-order valence-corrected chi connectivity index (χ4v) is 10.1. The highest BCUT2D eigenvalue weighted by Crippen LogP contribution is 2.50. The fraction of sp³-hybridized carbons (Fsp3) is 0.0317. The van der Waals surface area contributed by atoms with E-state index < -0.39 is 0 Å². The van der Waals surface area contributed by atoms with E-state index in [1.54, 1.807) is 0 Å². The molecule has 3 nitrogen and oxygen atoms in total. The number of benzene rings is 10. The minimum atomic E-state index is -0.330. The van der Waals surface area contributed by atoms with E-state index >= 15 is 0 Å². The Morgan fingerprint density at radius 2 is 0.803 bits per heavy atom. The fourth-order valence-electron chi connectivity index (χ4n) is 10.1. The average molecular weight is 844 g/mol. The highest BCUT2D eigenvalue weighted by atomic mass is 15.1. The van der Waals surface area contributed by atoms with Gasteiger partial charge in [-0.1, -0.05) is 231 Å². The van der Waals surface area contributed by atoms with E-state index in [0.717, 1.165) is 56.1 Å². The zero-order valence-corrected chi connectivity index (χ0v) is 36.3. The Morgan fingerprint density at radius 3 is 1.42 bits per heavy atom. The number of rotatable bonds is 8. The molecule has 2 aliphatic rings. The first-order valence-corrected chi connectivity index (χ1v) is 22.8. The molecule has 2 heterocycles. The Kier molecular flexibility index (Phi) is 10.00.